The van der Waals surface area contributed by atoms with Crippen LogP contribution in [0.2, 0.25) is 0 Å². The minimum atomic E-state index is -3.44. The molecule has 0 aliphatic heterocycles. The van der Waals surface area contributed by atoms with Gasteiger partial charge in [-0.05, 0) is 0 Å². The Morgan fingerprint density at radius 3 is 0.833 bits per heavy atom. The number of hydrogen-bond donors (Lipinski definition) is 0. The average molecular weight is 277 g/mol. The smallest absolute Gasteiger partial charge is 1.00 e. The van der Waals surface area contributed by atoms with Crippen LogP contribution < -0.4 is 29.6 Å². The molecule has 0 unspecified atom stereocenters. The molecule has 0 aliphatic carbocycles. The van der Waals surface area contributed by atoms with Crippen molar-refractivity contribution in [2.45, 2.75) is 0 Å². The van der Waals surface area contributed by atoms with Crippen molar-refractivity contribution in [2.75, 3.05) is 0 Å². The Bertz CT molecular complexity index is 161. The summed E-state index contributed by atoms with van der Waals surface area (Å²) in [6.07, 6.45) is 0. The first-order valence-corrected chi connectivity index (χ1v) is 2.83. The average Bonchev–Trinajstić information content (AvgIpc) is 2.06. The van der Waals surface area contributed by atoms with E-state index in [9.17, 15) is 18.8 Å². The van der Waals surface area contributed by atoms with Crippen LogP contribution in [-0.2, 0) is 37.1 Å². The van der Waals surface area contributed by atoms with Gasteiger partial charge in [0, 0.05) is 0 Å². The van der Waals surface area contributed by atoms with Gasteiger partial charge in [-0.2, -0.15) is 0 Å². The minimum Gasteiger partial charge on any atom is 1.00 e. The third-order valence-electron chi connectivity index (χ3n) is 0.889. The Kier molecular flexibility index (Phi) is 43.7. The fraction of sp³-hybridized carbons (Fsp3) is 0. The molecule has 0 heterocycles. The summed E-state index contributed by atoms with van der Waals surface area (Å²) < 4.78 is 55.3. The van der Waals surface area contributed by atoms with Gasteiger partial charge in [-0.25, -0.2) is 0 Å². The van der Waals surface area contributed by atoms with Crippen LogP contribution in [0.3, 0.4) is 0 Å². The van der Waals surface area contributed by atoms with Gasteiger partial charge in [0.2, 0.25) is 0 Å². The van der Waals surface area contributed by atoms with E-state index in [1.165, 1.54) is 0 Å². The molecule has 18 heteroatoms. The van der Waals surface area contributed by atoms with Crippen LogP contribution in [0.25, 0.3) is 0 Å². The summed E-state index contributed by atoms with van der Waals surface area (Å²) in [4.78, 5) is 0. The molecule has 12 nitrogen and oxygen atoms in total. The van der Waals surface area contributed by atoms with E-state index in [0.29, 0.717) is 0 Å². The monoisotopic (exact) mass is 278 g/mol. The van der Waals surface area contributed by atoms with Crippen molar-refractivity contribution in [2.24, 2.45) is 0 Å². The van der Waals surface area contributed by atoms with Gasteiger partial charge >= 0.3 is 103 Å². The van der Waals surface area contributed by atoms with Crippen molar-refractivity contribution < 1.29 is 88.6 Å². The van der Waals surface area contributed by atoms with Crippen LogP contribution in [0.1, 0.15) is 0 Å². The van der Waals surface area contributed by atoms with Crippen LogP contribution >= 0.6 is 0 Å². The second-order valence-electron chi connectivity index (χ2n) is 1.51. The minimum absolute atomic E-state index is 0. The zero-order chi connectivity index (χ0) is 10.2. The maximum Gasteiger partial charge on any atom is 1.00 e. The van der Waals surface area contributed by atoms with Crippen molar-refractivity contribution in [3.63, 3.8) is 0 Å². The Hall–Kier alpha value is -0.435. The van der Waals surface area contributed by atoms with E-state index >= 15 is 0 Å². The van der Waals surface area contributed by atoms with Crippen molar-refractivity contribution in [3.05, 3.63) is 0 Å². The van der Waals surface area contributed by atoms with E-state index in [2.05, 4.69) is 18.3 Å². The van der Waals surface area contributed by atoms with Crippen molar-refractivity contribution >= 4 is 36.4 Å². The predicted molar refractivity (Wildman–Crippen MR) is 50.3 cm³/mol. The second-order valence-corrected chi connectivity index (χ2v) is 1.51. The fourth-order valence-corrected chi connectivity index (χ4v) is 0.465. The molecule has 0 fully saturated rings. The quantitative estimate of drug-likeness (QED) is 0.385. The maximum absolute atomic E-state index is 9.85. The summed E-state index contributed by atoms with van der Waals surface area (Å²) in [5.41, 5.74) is 0. The molecule has 18 heavy (non-hydrogen) atoms. The Balaban J connectivity index is -0.0000000720. The van der Waals surface area contributed by atoms with E-state index in [1.54, 1.807) is 0 Å². The molecule has 0 aliphatic rings. The third kappa shape index (κ3) is 13.6. The molecule has 0 radical (unpaired) electrons. The van der Waals surface area contributed by atoms with Crippen molar-refractivity contribution in [1.82, 2.24) is 0 Å². The Labute approximate surface area is 125 Å². The van der Waals surface area contributed by atoms with Crippen LogP contribution in [0.5, 0.6) is 0 Å². The standard InChI is InChI=1S/B5O8.Na.4H2O/c6-1-10-5(11-2-7,12-3-8)13-4-9;;;;;/h;;4*1H2/q-1;+1;;;;. The summed E-state index contributed by atoms with van der Waals surface area (Å²) in [6, 6.07) is 0. The zero-order valence-corrected chi connectivity index (χ0v) is 11.2. The van der Waals surface area contributed by atoms with Crippen LogP contribution in [-0.4, -0.2) is 58.3 Å². The first kappa shape index (κ1) is 36.0. The molecule has 96 valence electrons. The summed E-state index contributed by atoms with van der Waals surface area (Å²) >= 11 is 0. The summed E-state index contributed by atoms with van der Waals surface area (Å²) in [5.74, 6) is 0. The maximum atomic E-state index is 9.85. The van der Waals surface area contributed by atoms with E-state index in [1.807, 2.05) is 0 Å². The molecular weight excluding hydrogens is 269 g/mol. The Morgan fingerprint density at radius 2 is 0.722 bits per heavy atom. The van der Waals surface area contributed by atoms with Gasteiger partial charge in [-0.15, -0.1) is 0 Å². The van der Waals surface area contributed by atoms with E-state index < -0.39 is 6.96 Å². The van der Waals surface area contributed by atoms with E-state index in [-0.39, 0.29) is 80.9 Å². The van der Waals surface area contributed by atoms with Gasteiger partial charge in [0.25, 0.3) is 0 Å². The normalized spacial score (nSPS) is 5.78. The van der Waals surface area contributed by atoms with Gasteiger partial charge in [0.05, 0.1) is 0 Å². The summed E-state index contributed by atoms with van der Waals surface area (Å²) in [5, 5.41) is 0. The zero-order valence-electron chi connectivity index (χ0n) is 9.15. The van der Waals surface area contributed by atoms with Crippen LogP contribution in [0.15, 0.2) is 0 Å². The van der Waals surface area contributed by atoms with Gasteiger partial charge in [0.1, 0.15) is 0 Å². The molecule has 0 atom stereocenters. The third-order valence-corrected chi connectivity index (χ3v) is 0.889. The van der Waals surface area contributed by atoms with Crippen molar-refractivity contribution in [1.29, 1.82) is 0 Å². The number of rotatable bonds is 8. The van der Waals surface area contributed by atoms with Gasteiger partial charge in [0.15, 0.2) is 0 Å². The van der Waals surface area contributed by atoms with Gasteiger partial charge < -0.3 is 21.9 Å². The molecule has 0 aromatic carbocycles. The molecule has 0 aromatic rings. The topological polar surface area (TPSA) is 231 Å². The van der Waals surface area contributed by atoms with Gasteiger partial charge in [-0.1, -0.05) is 0 Å². The molecule has 0 aromatic heterocycles. The van der Waals surface area contributed by atoms with E-state index in [0.717, 1.165) is 0 Å². The predicted octanol–water partition coefficient (Wildman–Crippen LogP) is -8.95. The second kappa shape index (κ2) is 21.8. The van der Waals surface area contributed by atoms with Crippen molar-refractivity contribution in [3.8, 4) is 0 Å². The van der Waals surface area contributed by atoms with Crippen LogP contribution in [0.4, 0.5) is 0 Å². The Morgan fingerprint density at radius 1 is 0.556 bits per heavy atom. The largest absolute Gasteiger partial charge is 1.00 e. The molecule has 0 saturated heterocycles. The molecule has 0 saturated carbocycles. The van der Waals surface area contributed by atoms with Gasteiger partial charge in [-0.3, -0.25) is 0 Å². The first-order chi connectivity index (χ1) is 6.24. The number of hydrogen-bond acceptors (Lipinski definition) is 8. The fourth-order valence-electron chi connectivity index (χ4n) is 0.465. The summed E-state index contributed by atoms with van der Waals surface area (Å²) in [6.45, 7) is -3.44. The first-order valence-electron chi connectivity index (χ1n) is 2.83. The molecule has 0 spiro atoms. The molecule has 0 bridgehead atoms. The molecule has 0 amide bonds. The molecule has 0 rings (SSSR count). The van der Waals surface area contributed by atoms with E-state index in [4.69, 9.17) is 0 Å². The van der Waals surface area contributed by atoms with Crippen LogP contribution in [0, 0.1) is 0 Å². The summed E-state index contributed by atoms with van der Waals surface area (Å²) in [7, 11) is -0.847. The SMILES string of the molecule is O.O.O.O.O=BO[B-](OB=O)(OB=O)OB=O.[Na+]. The molecular formula is H8B5NaO12. The molecule has 8 N–H and O–H groups in total.